The Labute approximate surface area is 295 Å². The van der Waals surface area contributed by atoms with Crippen LogP contribution < -0.4 is 0 Å². The van der Waals surface area contributed by atoms with Crippen molar-refractivity contribution in [2.75, 3.05) is 0 Å². The Kier molecular flexibility index (Phi) is 41.8. The summed E-state index contributed by atoms with van der Waals surface area (Å²) in [6.07, 6.45) is 7.13. The number of aromatic amines is 1. The van der Waals surface area contributed by atoms with Gasteiger partial charge in [0.25, 0.3) is 0 Å². The third-order valence-corrected chi connectivity index (χ3v) is 4.77. The average Bonchev–Trinajstić information content (AvgIpc) is 3.81. The van der Waals surface area contributed by atoms with E-state index >= 15 is 0 Å². The molecule has 4 nitrogen and oxygen atoms in total. The second-order valence-electron chi connectivity index (χ2n) is 10.9. The summed E-state index contributed by atoms with van der Waals surface area (Å²) in [5, 5.41) is 2.05. The number of rotatable bonds is 0. The molecule has 0 fully saturated rings. The highest BCUT2D eigenvalue weighted by atomic mass is 32.1. The normalized spacial score (nSPS) is 8.55. The third-order valence-electron chi connectivity index (χ3n) is 3.90. The molecule has 0 aromatic carbocycles. The van der Waals surface area contributed by atoms with Gasteiger partial charge in [0.05, 0.1) is 16.5 Å². The summed E-state index contributed by atoms with van der Waals surface area (Å²) in [5.41, 5.74) is 5.34. The molecule has 1 aliphatic heterocycles. The molecule has 0 bridgehead atoms. The number of thiophene rings is 1. The zero-order valence-electron chi connectivity index (χ0n) is 31.2. The monoisotopic (exact) mass is 668 g/mol. The summed E-state index contributed by atoms with van der Waals surface area (Å²) in [4.78, 5) is 11.3. The van der Waals surface area contributed by atoms with E-state index in [1.165, 1.54) is 16.0 Å². The van der Waals surface area contributed by atoms with Crippen molar-refractivity contribution in [3.63, 3.8) is 0 Å². The number of pyridine rings is 3. The van der Waals surface area contributed by atoms with Gasteiger partial charge < -0.3 is 9.40 Å². The van der Waals surface area contributed by atoms with Crippen LogP contribution in [-0.4, -0.2) is 15.0 Å². The number of nitrogens with zero attached hydrogens (tertiary/aromatic N) is 2. The van der Waals surface area contributed by atoms with Crippen LogP contribution in [0.4, 0.5) is 0 Å². The van der Waals surface area contributed by atoms with E-state index in [0.717, 1.165) is 34.4 Å². The number of furan rings is 1. The van der Waals surface area contributed by atoms with Crippen LogP contribution in [-0.2, 0) is 0 Å². The number of fused-ring (bicyclic) bond motifs is 3. The first-order valence-electron chi connectivity index (χ1n) is 16.7. The molecule has 2 aliphatic rings. The predicted octanol–water partition coefficient (Wildman–Crippen LogP) is 15.6. The minimum Gasteiger partial charge on any atom is -0.463 e. The van der Waals surface area contributed by atoms with Crippen LogP contribution in [0.25, 0.3) is 32.6 Å². The van der Waals surface area contributed by atoms with Crippen molar-refractivity contribution in [3.05, 3.63) is 97.0 Å². The minimum atomic E-state index is 0. The van der Waals surface area contributed by atoms with Crippen LogP contribution in [0.5, 0.6) is 0 Å². The predicted molar refractivity (Wildman–Crippen MR) is 220 cm³/mol. The van der Waals surface area contributed by atoms with Crippen molar-refractivity contribution in [2.24, 2.45) is 17.8 Å². The molecule has 0 amide bonds. The Hall–Kier alpha value is -3.44. The molecule has 268 valence electrons. The maximum Gasteiger partial charge on any atom is 0.152 e. The molecular weight excluding hydrogens is 595 g/mol. The number of hydrogen-bond acceptors (Lipinski definition) is 4. The fraction of sp³-hybridized carbons (Fsp3) is 0.476. The van der Waals surface area contributed by atoms with Crippen LogP contribution in [0.2, 0.25) is 0 Å². The van der Waals surface area contributed by atoms with Crippen LogP contribution in [0.1, 0.15) is 119 Å². The molecule has 1 aliphatic carbocycles. The van der Waals surface area contributed by atoms with Crippen LogP contribution in [0, 0.1) is 17.8 Å². The van der Waals surface area contributed by atoms with Gasteiger partial charge in [0.2, 0.25) is 0 Å². The Morgan fingerprint density at radius 2 is 1.06 bits per heavy atom. The first kappa shape index (κ1) is 53.1. The Bertz CT molecular complexity index is 1170. The molecule has 0 unspecified atom stereocenters. The zero-order chi connectivity index (χ0) is 35.0. The molecule has 4 aromatic rings. The number of aromatic nitrogens is 3. The van der Waals surface area contributed by atoms with Gasteiger partial charge in [-0.25, -0.2) is 0 Å². The highest BCUT2D eigenvalue weighted by molar-refractivity contribution is 7.17. The molecule has 0 saturated heterocycles. The summed E-state index contributed by atoms with van der Waals surface area (Å²) in [6, 6.07) is 21.9. The minimum absolute atomic E-state index is 0. The molecule has 0 atom stereocenters. The Morgan fingerprint density at radius 1 is 0.574 bits per heavy atom. The first-order valence-corrected chi connectivity index (χ1v) is 17.6. The maximum absolute atomic E-state index is 5.06. The maximum atomic E-state index is 5.06. The lowest BCUT2D eigenvalue weighted by atomic mass is 10.2. The highest BCUT2D eigenvalue weighted by Crippen LogP contribution is 2.18. The van der Waals surface area contributed by atoms with Crippen molar-refractivity contribution < 1.29 is 4.42 Å². The smallest absolute Gasteiger partial charge is 0.152 e. The van der Waals surface area contributed by atoms with Crippen molar-refractivity contribution in [3.8, 4) is 11.3 Å². The van der Waals surface area contributed by atoms with Crippen LogP contribution in [0.3, 0.4) is 0 Å². The number of hydrogen-bond donors (Lipinski definition) is 1. The number of nitrogens with one attached hydrogen (secondary N) is 1. The van der Waals surface area contributed by atoms with Gasteiger partial charge in [-0.05, 0) is 71.2 Å². The first-order chi connectivity index (χ1) is 21.6. The van der Waals surface area contributed by atoms with Crippen LogP contribution in [0.15, 0.2) is 101 Å². The molecular formula is C42H73N3OS. The summed E-state index contributed by atoms with van der Waals surface area (Å²) < 4.78 is 6.32. The lowest BCUT2D eigenvalue weighted by Crippen LogP contribution is -1.74. The Morgan fingerprint density at radius 3 is 1.55 bits per heavy atom. The molecule has 5 heterocycles. The lowest BCUT2D eigenvalue weighted by molar-refractivity contribution is 0.615. The second kappa shape index (κ2) is 37.0. The molecule has 4 aromatic heterocycles. The van der Waals surface area contributed by atoms with Crippen molar-refractivity contribution in [2.45, 2.75) is 119 Å². The summed E-state index contributed by atoms with van der Waals surface area (Å²) in [5.74, 6) is 2.50. The fourth-order valence-electron chi connectivity index (χ4n) is 2.60. The van der Waals surface area contributed by atoms with Gasteiger partial charge in [-0.2, -0.15) is 0 Å². The van der Waals surface area contributed by atoms with E-state index < -0.39 is 0 Å². The average molecular weight is 668 g/mol. The van der Waals surface area contributed by atoms with E-state index in [-0.39, 0.29) is 14.9 Å². The van der Waals surface area contributed by atoms with Gasteiger partial charge in [-0.15, -0.1) is 11.3 Å². The van der Waals surface area contributed by atoms with Gasteiger partial charge in [0, 0.05) is 30.4 Å². The van der Waals surface area contributed by atoms with E-state index in [1.54, 1.807) is 23.8 Å². The van der Waals surface area contributed by atoms with Gasteiger partial charge in [-0.1, -0.05) is 137 Å². The van der Waals surface area contributed by atoms with Gasteiger partial charge in [-0.3, -0.25) is 9.97 Å². The van der Waals surface area contributed by atoms with Crippen LogP contribution >= 0.6 is 11.3 Å². The summed E-state index contributed by atoms with van der Waals surface area (Å²) >= 11 is 1.72. The summed E-state index contributed by atoms with van der Waals surface area (Å²) in [6.45, 7) is 31.5. The fourth-order valence-corrected chi connectivity index (χ4v) is 3.34. The van der Waals surface area contributed by atoms with E-state index in [0.29, 0.717) is 0 Å². The van der Waals surface area contributed by atoms with Gasteiger partial charge in [0.1, 0.15) is 5.52 Å². The molecule has 0 saturated carbocycles. The SMILES string of the molecule is C.C.CC.CC.CC.CC(C)C.CC(C)C.CC(C)C.c1c[nH]c2cccc-2c1.c1cnc2ccoc2c1.c1cnc2ccsc2c1. The van der Waals surface area contributed by atoms with E-state index in [9.17, 15) is 0 Å². The highest BCUT2D eigenvalue weighted by Gasteiger charge is 1.96. The topological polar surface area (TPSA) is 54.7 Å². The van der Waals surface area contributed by atoms with Crippen molar-refractivity contribution >= 4 is 32.7 Å². The lowest BCUT2D eigenvalue weighted by Gasteiger charge is -1.93. The zero-order valence-corrected chi connectivity index (χ0v) is 32.0. The van der Waals surface area contributed by atoms with E-state index in [2.05, 4.69) is 107 Å². The largest absolute Gasteiger partial charge is 0.463 e. The van der Waals surface area contributed by atoms with E-state index in [1.807, 2.05) is 96.4 Å². The number of H-pyrrole nitrogens is 1. The second-order valence-corrected chi connectivity index (χ2v) is 11.8. The molecule has 47 heavy (non-hydrogen) atoms. The van der Waals surface area contributed by atoms with E-state index in [4.69, 9.17) is 4.42 Å². The third kappa shape index (κ3) is 31.0. The molecule has 0 spiro atoms. The quantitative estimate of drug-likeness (QED) is 0.175. The van der Waals surface area contributed by atoms with Crippen molar-refractivity contribution in [1.82, 2.24) is 15.0 Å². The molecule has 1 N–H and O–H groups in total. The van der Waals surface area contributed by atoms with Gasteiger partial charge >= 0.3 is 0 Å². The standard InChI is InChI=1S/C8H7N.C7H5NO.C7H5NS.3C4H10.3C2H6.2CH4/c1-3-7-4-2-6-9-8(7)5-1;2*1-2-7-6(8-4-1)3-5-9-7;3*1-4(2)3;3*1-2;;/h1-6,9H;2*1-5H;3*4H,1-3H3;3*1-2H3;2*1H4. The van der Waals surface area contributed by atoms with Crippen molar-refractivity contribution in [1.29, 1.82) is 0 Å². The van der Waals surface area contributed by atoms with Gasteiger partial charge in [0.15, 0.2) is 5.58 Å². The summed E-state index contributed by atoms with van der Waals surface area (Å²) in [7, 11) is 0. The molecule has 0 radical (unpaired) electrons. The Balaban J connectivity index is -0.000000149. The molecule has 6 rings (SSSR count). The molecule has 5 heteroatoms.